The Kier molecular flexibility index (Phi) is 3.61. The quantitative estimate of drug-likeness (QED) is 0.857. The van der Waals surface area contributed by atoms with E-state index in [4.69, 9.17) is 0 Å². The highest BCUT2D eigenvalue weighted by Crippen LogP contribution is 2.31. The predicted molar refractivity (Wildman–Crippen MR) is 61.9 cm³/mol. The number of aliphatic hydroxyl groups is 1. The van der Waals surface area contributed by atoms with Crippen molar-refractivity contribution < 1.29 is 18.7 Å². The molecule has 18 heavy (non-hydrogen) atoms. The molecule has 2 N–H and O–H groups in total. The Morgan fingerprint density at radius 1 is 1.39 bits per heavy atom. The van der Waals surface area contributed by atoms with Gasteiger partial charge in [-0.15, -0.1) is 0 Å². The van der Waals surface area contributed by atoms with Gasteiger partial charge >= 0.3 is 0 Å². The van der Waals surface area contributed by atoms with Gasteiger partial charge in [0.25, 0.3) is 0 Å². The van der Waals surface area contributed by atoms with Crippen LogP contribution in [0.4, 0.5) is 8.78 Å². The Labute approximate surface area is 104 Å². The van der Waals surface area contributed by atoms with Crippen LogP contribution in [0.2, 0.25) is 0 Å². The molecule has 0 radical (unpaired) electrons. The molecule has 0 saturated heterocycles. The lowest BCUT2D eigenvalue weighted by Gasteiger charge is -2.41. The Balaban J connectivity index is 2.01. The molecule has 0 aromatic heterocycles. The first-order valence-corrected chi connectivity index (χ1v) is 5.91. The Hall–Kier alpha value is -1.49. The Morgan fingerprint density at radius 3 is 2.67 bits per heavy atom. The fraction of sp³-hybridized carbons (Fsp3) is 0.462. The van der Waals surface area contributed by atoms with Gasteiger partial charge in [0.05, 0.1) is 18.6 Å². The number of carbonyl (C=O) groups excluding carboxylic acids is 1. The molecule has 1 aliphatic carbocycles. The van der Waals surface area contributed by atoms with E-state index >= 15 is 0 Å². The van der Waals surface area contributed by atoms with Crippen LogP contribution in [0.25, 0.3) is 0 Å². The maximum atomic E-state index is 13.4. The van der Waals surface area contributed by atoms with Crippen molar-refractivity contribution in [3.63, 3.8) is 0 Å². The maximum absolute atomic E-state index is 13.4. The first-order chi connectivity index (χ1) is 8.56. The van der Waals surface area contributed by atoms with Crippen molar-refractivity contribution >= 4 is 5.91 Å². The summed E-state index contributed by atoms with van der Waals surface area (Å²) in [6.45, 7) is -0.121. The van der Waals surface area contributed by atoms with Crippen LogP contribution in [-0.2, 0) is 11.2 Å². The molecule has 0 aliphatic heterocycles. The van der Waals surface area contributed by atoms with Gasteiger partial charge in [-0.25, -0.2) is 8.78 Å². The molecule has 1 amide bonds. The minimum Gasteiger partial charge on any atom is -0.394 e. The van der Waals surface area contributed by atoms with Crippen LogP contribution in [0.5, 0.6) is 0 Å². The van der Waals surface area contributed by atoms with Crippen molar-refractivity contribution in [3.05, 3.63) is 35.4 Å². The normalized spacial score (nSPS) is 17.1. The Bertz CT molecular complexity index is 453. The van der Waals surface area contributed by atoms with Crippen LogP contribution in [0, 0.1) is 11.6 Å². The van der Waals surface area contributed by atoms with E-state index in [0.717, 1.165) is 25.3 Å². The topological polar surface area (TPSA) is 49.3 Å². The number of hydrogen-bond donors (Lipinski definition) is 2. The fourth-order valence-electron chi connectivity index (χ4n) is 2.12. The highest BCUT2D eigenvalue weighted by atomic mass is 19.2. The van der Waals surface area contributed by atoms with Gasteiger partial charge < -0.3 is 10.4 Å². The molecule has 1 fully saturated rings. The smallest absolute Gasteiger partial charge is 0.225 e. The molecule has 0 unspecified atom stereocenters. The number of amides is 1. The zero-order valence-corrected chi connectivity index (χ0v) is 9.88. The van der Waals surface area contributed by atoms with Crippen LogP contribution in [0.3, 0.4) is 0 Å². The van der Waals surface area contributed by atoms with Crippen molar-refractivity contribution in [1.29, 1.82) is 0 Å². The molecule has 3 nitrogen and oxygen atoms in total. The standard InChI is InChI=1S/C13H15F2NO2/c14-10-4-1-3-9(12(10)15)7-11(18)16-13(8-17)5-2-6-13/h1,3-4,17H,2,5-8H2,(H,16,18). The van der Waals surface area contributed by atoms with Crippen molar-refractivity contribution in [1.82, 2.24) is 5.32 Å². The van der Waals surface area contributed by atoms with Gasteiger partial charge in [0, 0.05) is 5.56 Å². The number of hydrogen-bond acceptors (Lipinski definition) is 2. The third-order valence-electron chi connectivity index (χ3n) is 3.40. The van der Waals surface area contributed by atoms with Crippen LogP contribution in [0.15, 0.2) is 18.2 Å². The fourth-order valence-corrected chi connectivity index (χ4v) is 2.12. The van der Waals surface area contributed by atoms with Gasteiger partial charge in [0.1, 0.15) is 0 Å². The molecule has 0 atom stereocenters. The summed E-state index contributed by atoms with van der Waals surface area (Å²) in [5, 5.41) is 11.9. The van der Waals surface area contributed by atoms with Crippen molar-refractivity contribution in [2.45, 2.75) is 31.2 Å². The lowest BCUT2D eigenvalue weighted by Crippen LogP contribution is -2.56. The van der Waals surface area contributed by atoms with Crippen molar-refractivity contribution in [2.24, 2.45) is 0 Å². The van der Waals surface area contributed by atoms with E-state index in [9.17, 15) is 18.7 Å². The maximum Gasteiger partial charge on any atom is 0.225 e. The van der Waals surface area contributed by atoms with E-state index in [2.05, 4.69) is 5.32 Å². The van der Waals surface area contributed by atoms with Gasteiger partial charge in [-0.1, -0.05) is 12.1 Å². The molecule has 0 heterocycles. The van der Waals surface area contributed by atoms with Crippen molar-refractivity contribution in [2.75, 3.05) is 6.61 Å². The second-order valence-corrected chi connectivity index (χ2v) is 4.73. The van der Waals surface area contributed by atoms with E-state index in [1.54, 1.807) is 0 Å². The monoisotopic (exact) mass is 255 g/mol. The van der Waals surface area contributed by atoms with E-state index in [1.807, 2.05) is 0 Å². The summed E-state index contributed by atoms with van der Waals surface area (Å²) in [4.78, 5) is 11.7. The molecule has 5 heteroatoms. The van der Waals surface area contributed by atoms with Crippen LogP contribution >= 0.6 is 0 Å². The molecule has 98 valence electrons. The highest BCUT2D eigenvalue weighted by molar-refractivity contribution is 5.79. The third-order valence-corrected chi connectivity index (χ3v) is 3.40. The number of nitrogens with one attached hydrogen (secondary N) is 1. The van der Waals surface area contributed by atoms with E-state index in [1.165, 1.54) is 12.1 Å². The molecule has 1 aromatic rings. The summed E-state index contributed by atoms with van der Waals surface area (Å²) >= 11 is 0. The molecule has 1 aromatic carbocycles. The summed E-state index contributed by atoms with van der Waals surface area (Å²) in [7, 11) is 0. The van der Waals surface area contributed by atoms with E-state index < -0.39 is 23.1 Å². The average molecular weight is 255 g/mol. The average Bonchev–Trinajstić information content (AvgIpc) is 2.30. The lowest BCUT2D eigenvalue weighted by atomic mass is 9.77. The number of carbonyl (C=O) groups is 1. The number of aliphatic hydroxyl groups excluding tert-OH is 1. The second-order valence-electron chi connectivity index (χ2n) is 4.73. The first kappa shape index (κ1) is 13.0. The summed E-state index contributed by atoms with van der Waals surface area (Å²) in [5.41, 5.74) is -0.527. The van der Waals surface area contributed by atoms with Gasteiger partial charge in [0.15, 0.2) is 11.6 Å². The van der Waals surface area contributed by atoms with E-state index in [-0.39, 0.29) is 18.6 Å². The molecule has 1 saturated carbocycles. The van der Waals surface area contributed by atoms with Crippen LogP contribution in [0.1, 0.15) is 24.8 Å². The van der Waals surface area contributed by atoms with Crippen LogP contribution < -0.4 is 5.32 Å². The minimum atomic E-state index is -0.987. The summed E-state index contributed by atoms with van der Waals surface area (Å²) < 4.78 is 26.3. The third kappa shape index (κ3) is 2.51. The van der Waals surface area contributed by atoms with Gasteiger partial charge in [-0.3, -0.25) is 4.79 Å². The highest BCUT2D eigenvalue weighted by Gasteiger charge is 2.37. The Morgan fingerprint density at radius 2 is 2.11 bits per heavy atom. The van der Waals surface area contributed by atoms with Gasteiger partial charge in [-0.2, -0.15) is 0 Å². The second kappa shape index (κ2) is 5.02. The van der Waals surface area contributed by atoms with Gasteiger partial charge in [-0.05, 0) is 25.3 Å². The predicted octanol–water partition coefficient (Wildman–Crippen LogP) is 1.54. The molecular formula is C13H15F2NO2. The largest absolute Gasteiger partial charge is 0.394 e. The number of rotatable bonds is 4. The SMILES string of the molecule is O=C(Cc1cccc(F)c1F)NC1(CO)CCC1. The van der Waals surface area contributed by atoms with Gasteiger partial charge in [0.2, 0.25) is 5.91 Å². The summed E-state index contributed by atoms with van der Waals surface area (Å²) in [6.07, 6.45) is 2.18. The minimum absolute atomic E-state index is 0.0277. The van der Waals surface area contributed by atoms with E-state index in [0.29, 0.717) is 0 Å². The first-order valence-electron chi connectivity index (χ1n) is 5.91. The van der Waals surface area contributed by atoms with Crippen LogP contribution in [-0.4, -0.2) is 23.2 Å². The number of benzene rings is 1. The zero-order chi connectivity index (χ0) is 13.2. The molecule has 2 rings (SSSR count). The molecule has 1 aliphatic rings. The zero-order valence-electron chi connectivity index (χ0n) is 9.88. The van der Waals surface area contributed by atoms with Crippen molar-refractivity contribution in [3.8, 4) is 0 Å². The molecule has 0 bridgehead atoms. The lowest BCUT2D eigenvalue weighted by molar-refractivity contribution is -0.124. The molecular weight excluding hydrogens is 240 g/mol. The summed E-state index contributed by atoms with van der Waals surface area (Å²) in [5.74, 6) is -2.34. The number of halogens is 2. The summed E-state index contributed by atoms with van der Waals surface area (Å²) in [6, 6.07) is 3.76. The molecule has 0 spiro atoms.